The lowest BCUT2D eigenvalue weighted by Gasteiger charge is -2.20. The third-order valence-corrected chi connectivity index (χ3v) is 2.94. The largest absolute Gasteiger partial charge is 0.395 e. The van der Waals surface area contributed by atoms with Gasteiger partial charge in [0.15, 0.2) is 0 Å². The summed E-state index contributed by atoms with van der Waals surface area (Å²) in [5.41, 5.74) is 2.08. The average Bonchev–Trinajstić information content (AvgIpc) is 2.40. The fourth-order valence-electron chi connectivity index (χ4n) is 1.85. The predicted octanol–water partition coefficient (Wildman–Crippen LogP) is 1.52. The Kier molecular flexibility index (Phi) is 7.18. The molecule has 0 fully saturated rings. The van der Waals surface area contributed by atoms with Crippen molar-refractivity contribution in [2.75, 3.05) is 31.1 Å². The van der Waals surface area contributed by atoms with E-state index in [2.05, 4.69) is 35.7 Å². The van der Waals surface area contributed by atoms with Crippen LogP contribution < -0.4 is 10.2 Å². The van der Waals surface area contributed by atoms with Crippen molar-refractivity contribution in [3.63, 3.8) is 0 Å². The number of rotatable bonds is 9. The van der Waals surface area contributed by atoms with Crippen LogP contribution in [0.1, 0.15) is 25.1 Å². The van der Waals surface area contributed by atoms with E-state index in [-0.39, 0.29) is 6.61 Å². The van der Waals surface area contributed by atoms with Gasteiger partial charge in [-0.1, -0.05) is 19.9 Å². The highest BCUT2D eigenvalue weighted by atomic mass is 16.3. The molecule has 1 rings (SSSR count). The first-order chi connectivity index (χ1) is 9.58. The first-order valence-corrected chi connectivity index (χ1v) is 7.08. The molecule has 112 valence electrons. The number of nitrogens with one attached hydrogen (secondary N) is 1. The first kappa shape index (κ1) is 16.6. The van der Waals surface area contributed by atoms with E-state index >= 15 is 0 Å². The van der Waals surface area contributed by atoms with Crippen LogP contribution >= 0.6 is 0 Å². The molecule has 0 saturated carbocycles. The van der Waals surface area contributed by atoms with E-state index in [9.17, 15) is 0 Å². The lowest BCUT2D eigenvalue weighted by Crippen LogP contribution is -2.29. The van der Waals surface area contributed by atoms with Gasteiger partial charge in [-0.2, -0.15) is 0 Å². The molecule has 1 aromatic heterocycles. The van der Waals surface area contributed by atoms with Gasteiger partial charge in [0.1, 0.15) is 0 Å². The summed E-state index contributed by atoms with van der Waals surface area (Å²) in [6.07, 6.45) is 3.64. The second-order valence-electron chi connectivity index (χ2n) is 5.26. The lowest BCUT2D eigenvalue weighted by atomic mass is 10.2. The number of aliphatic hydroxyl groups is 1. The van der Waals surface area contributed by atoms with Crippen LogP contribution in [-0.4, -0.2) is 41.3 Å². The van der Waals surface area contributed by atoms with Crippen molar-refractivity contribution in [2.24, 2.45) is 5.92 Å². The number of anilines is 1. The minimum Gasteiger partial charge on any atom is -0.395 e. The van der Waals surface area contributed by atoms with Gasteiger partial charge in [-0.3, -0.25) is 0 Å². The molecule has 0 unspecified atom stereocenters. The van der Waals surface area contributed by atoms with E-state index < -0.39 is 0 Å². The zero-order valence-corrected chi connectivity index (χ0v) is 12.8. The highest BCUT2D eigenvalue weighted by Gasteiger charge is 2.09. The van der Waals surface area contributed by atoms with Crippen LogP contribution in [0.25, 0.3) is 0 Å². The predicted molar refractivity (Wildman–Crippen MR) is 82.8 cm³/mol. The van der Waals surface area contributed by atoms with Crippen LogP contribution in [0.15, 0.2) is 18.9 Å². The topological polar surface area (TPSA) is 61.3 Å². The minimum atomic E-state index is 0.0773. The maximum atomic E-state index is 9.08. The molecule has 5 nitrogen and oxygen atoms in total. The third kappa shape index (κ3) is 5.27. The molecule has 0 aliphatic rings. The molecule has 1 heterocycles. The van der Waals surface area contributed by atoms with Crippen molar-refractivity contribution in [1.29, 1.82) is 0 Å². The van der Waals surface area contributed by atoms with Crippen LogP contribution in [-0.2, 0) is 6.54 Å². The molecule has 20 heavy (non-hydrogen) atoms. The van der Waals surface area contributed by atoms with Gasteiger partial charge in [0.2, 0.25) is 5.95 Å². The molecule has 0 aliphatic carbocycles. The van der Waals surface area contributed by atoms with Gasteiger partial charge in [-0.05, 0) is 19.4 Å². The second kappa shape index (κ2) is 8.66. The van der Waals surface area contributed by atoms with Crippen molar-refractivity contribution >= 4 is 5.95 Å². The normalized spacial score (nSPS) is 10.8. The maximum absolute atomic E-state index is 9.08. The van der Waals surface area contributed by atoms with Crippen molar-refractivity contribution in [3.05, 3.63) is 30.1 Å². The van der Waals surface area contributed by atoms with Gasteiger partial charge in [0.25, 0.3) is 0 Å². The summed E-state index contributed by atoms with van der Waals surface area (Å²) in [5, 5.41) is 12.5. The van der Waals surface area contributed by atoms with Gasteiger partial charge in [-0.25, -0.2) is 9.97 Å². The van der Waals surface area contributed by atoms with Gasteiger partial charge in [0, 0.05) is 37.1 Å². The third-order valence-electron chi connectivity index (χ3n) is 2.94. The van der Waals surface area contributed by atoms with E-state index in [1.807, 2.05) is 18.0 Å². The molecule has 1 aromatic rings. The summed E-state index contributed by atoms with van der Waals surface area (Å²) in [7, 11) is 0. The molecule has 0 atom stereocenters. The Balaban J connectivity index is 2.72. The van der Waals surface area contributed by atoms with Gasteiger partial charge in [-0.15, -0.1) is 6.58 Å². The van der Waals surface area contributed by atoms with E-state index in [1.54, 1.807) is 6.08 Å². The summed E-state index contributed by atoms with van der Waals surface area (Å²) in [5.74, 6) is 1.27. The van der Waals surface area contributed by atoms with Gasteiger partial charge in [0.05, 0.1) is 6.61 Å². The number of aromatic nitrogens is 2. The Morgan fingerprint density at radius 3 is 2.80 bits per heavy atom. The van der Waals surface area contributed by atoms with Crippen molar-refractivity contribution in [3.8, 4) is 0 Å². The number of hydrogen-bond acceptors (Lipinski definition) is 5. The Bertz CT molecular complexity index is 420. The average molecular weight is 278 g/mol. The zero-order valence-electron chi connectivity index (χ0n) is 12.8. The SMILES string of the molecule is C=CCN(CCO)c1ncc(CNCC(C)C)c(C)n1. The molecule has 0 aliphatic heterocycles. The molecular formula is C15H26N4O. The van der Waals surface area contributed by atoms with Gasteiger partial charge >= 0.3 is 0 Å². The van der Waals surface area contributed by atoms with Crippen LogP contribution in [0.2, 0.25) is 0 Å². The number of nitrogens with zero attached hydrogens (tertiary/aromatic N) is 3. The Labute approximate surface area is 121 Å². The monoisotopic (exact) mass is 278 g/mol. The summed E-state index contributed by atoms with van der Waals surface area (Å²) in [4.78, 5) is 10.8. The maximum Gasteiger partial charge on any atom is 0.225 e. The standard InChI is InChI=1S/C15H26N4O/c1-5-6-19(7-8-20)15-17-11-14(13(4)18-15)10-16-9-12(2)3/h5,11-12,16,20H,1,6-10H2,2-4H3. The van der Waals surface area contributed by atoms with Crippen LogP contribution in [0, 0.1) is 12.8 Å². The van der Waals surface area contributed by atoms with Gasteiger partial charge < -0.3 is 15.3 Å². The number of aryl methyl sites for hydroxylation is 1. The quantitative estimate of drug-likeness (QED) is 0.671. The van der Waals surface area contributed by atoms with Crippen molar-refractivity contribution < 1.29 is 5.11 Å². The van der Waals surface area contributed by atoms with Crippen molar-refractivity contribution in [2.45, 2.75) is 27.3 Å². The van der Waals surface area contributed by atoms with E-state index in [0.29, 0.717) is 25.0 Å². The Hall–Kier alpha value is -1.46. The highest BCUT2D eigenvalue weighted by Crippen LogP contribution is 2.11. The number of aliphatic hydroxyl groups excluding tert-OH is 1. The molecule has 0 radical (unpaired) electrons. The molecule has 0 aromatic carbocycles. The second-order valence-corrected chi connectivity index (χ2v) is 5.26. The van der Waals surface area contributed by atoms with Crippen LogP contribution in [0.5, 0.6) is 0 Å². The summed E-state index contributed by atoms with van der Waals surface area (Å²) >= 11 is 0. The van der Waals surface area contributed by atoms with E-state index in [0.717, 1.165) is 24.3 Å². The number of hydrogen-bond donors (Lipinski definition) is 2. The summed E-state index contributed by atoms with van der Waals surface area (Å²) < 4.78 is 0. The zero-order chi connectivity index (χ0) is 15.0. The molecule has 0 amide bonds. The fraction of sp³-hybridized carbons (Fsp3) is 0.600. The van der Waals surface area contributed by atoms with Crippen LogP contribution in [0.3, 0.4) is 0 Å². The molecule has 5 heteroatoms. The summed E-state index contributed by atoms with van der Waals surface area (Å²) in [6, 6.07) is 0. The van der Waals surface area contributed by atoms with E-state index in [4.69, 9.17) is 5.11 Å². The molecule has 0 spiro atoms. The Morgan fingerprint density at radius 1 is 1.50 bits per heavy atom. The summed E-state index contributed by atoms with van der Waals surface area (Å²) in [6.45, 7) is 13.1. The first-order valence-electron chi connectivity index (χ1n) is 7.08. The molecule has 0 saturated heterocycles. The van der Waals surface area contributed by atoms with Crippen LogP contribution in [0.4, 0.5) is 5.95 Å². The van der Waals surface area contributed by atoms with Crippen molar-refractivity contribution in [1.82, 2.24) is 15.3 Å². The fourth-order valence-corrected chi connectivity index (χ4v) is 1.85. The molecule has 0 bridgehead atoms. The lowest BCUT2D eigenvalue weighted by molar-refractivity contribution is 0.302. The molecular weight excluding hydrogens is 252 g/mol. The Morgan fingerprint density at radius 2 is 2.25 bits per heavy atom. The highest BCUT2D eigenvalue weighted by molar-refractivity contribution is 5.33. The van der Waals surface area contributed by atoms with E-state index in [1.165, 1.54) is 0 Å². The minimum absolute atomic E-state index is 0.0773. The molecule has 2 N–H and O–H groups in total. The smallest absolute Gasteiger partial charge is 0.225 e.